The van der Waals surface area contributed by atoms with E-state index in [1.54, 1.807) is 20.0 Å². The molecule has 1 aromatic rings. The van der Waals surface area contributed by atoms with Gasteiger partial charge in [-0.3, -0.25) is 9.48 Å². The van der Waals surface area contributed by atoms with Gasteiger partial charge in [-0.25, -0.2) is 8.42 Å². The van der Waals surface area contributed by atoms with Crippen LogP contribution in [0.2, 0.25) is 0 Å². The van der Waals surface area contributed by atoms with Crippen molar-refractivity contribution < 1.29 is 13.2 Å². The minimum Gasteiger partial charge on any atom is -0.350 e. The van der Waals surface area contributed by atoms with Gasteiger partial charge in [0.05, 0.1) is 22.5 Å². The Kier molecular flexibility index (Phi) is 4.65. The molecule has 1 aliphatic rings. The van der Waals surface area contributed by atoms with Crippen molar-refractivity contribution in [2.75, 3.05) is 12.8 Å². The lowest BCUT2D eigenvalue weighted by Gasteiger charge is -2.22. The second-order valence-electron chi connectivity index (χ2n) is 6.74. The third-order valence-electron chi connectivity index (χ3n) is 4.64. The molecule has 2 rings (SSSR count). The predicted molar refractivity (Wildman–Crippen MR) is 85.7 cm³/mol. The summed E-state index contributed by atoms with van der Waals surface area (Å²) in [5, 5.41) is 7.07. The van der Waals surface area contributed by atoms with Crippen molar-refractivity contribution in [1.82, 2.24) is 15.1 Å². The van der Waals surface area contributed by atoms with Crippen molar-refractivity contribution in [1.29, 1.82) is 0 Å². The van der Waals surface area contributed by atoms with E-state index in [1.807, 2.05) is 11.6 Å². The molecule has 0 bridgehead atoms. The predicted octanol–water partition coefficient (Wildman–Crippen LogP) is 1.86. The molecular weight excluding hydrogens is 302 g/mol. The minimum atomic E-state index is -3.23. The van der Waals surface area contributed by atoms with Crippen LogP contribution >= 0.6 is 0 Å². The van der Waals surface area contributed by atoms with E-state index in [4.69, 9.17) is 0 Å². The standard InChI is InChI=1S/C15H25N3O3S/c1-11-13(9-17-18(11)12-7-5-6-8-12)14(19)16-10-15(2,3)22(4,20)21/h9,12H,5-8,10H2,1-4H3,(H,16,19). The molecule has 1 N–H and O–H groups in total. The highest BCUT2D eigenvalue weighted by atomic mass is 32.2. The first-order chi connectivity index (χ1) is 10.1. The number of nitrogens with one attached hydrogen (secondary N) is 1. The maximum atomic E-state index is 12.3. The Balaban J connectivity index is 2.08. The highest BCUT2D eigenvalue weighted by Gasteiger charge is 2.31. The summed E-state index contributed by atoms with van der Waals surface area (Å²) in [7, 11) is -3.23. The van der Waals surface area contributed by atoms with Crippen molar-refractivity contribution >= 4 is 15.7 Å². The first kappa shape index (κ1) is 17.0. The summed E-state index contributed by atoms with van der Waals surface area (Å²) in [6.45, 7) is 5.19. The number of hydrogen-bond donors (Lipinski definition) is 1. The van der Waals surface area contributed by atoms with Gasteiger partial charge in [-0.05, 0) is 33.6 Å². The van der Waals surface area contributed by atoms with E-state index in [-0.39, 0.29) is 12.5 Å². The van der Waals surface area contributed by atoms with E-state index < -0.39 is 14.6 Å². The van der Waals surface area contributed by atoms with Crippen molar-refractivity contribution in [3.63, 3.8) is 0 Å². The maximum Gasteiger partial charge on any atom is 0.254 e. The number of carbonyl (C=O) groups excluding carboxylic acids is 1. The highest BCUT2D eigenvalue weighted by Crippen LogP contribution is 2.30. The van der Waals surface area contributed by atoms with Crippen LogP contribution in [-0.2, 0) is 9.84 Å². The van der Waals surface area contributed by atoms with Crippen LogP contribution in [0, 0.1) is 6.92 Å². The van der Waals surface area contributed by atoms with Crippen molar-refractivity contribution in [2.45, 2.75) is 57.2 Å². The molecule has 0 aromatic carbocycles. The molecule has 1 aromatic heterocycles. The first-order valence-corrected chi connectivity index (χ1v) is 9.54. The first-order valence-electron chi connectivity index (χ1n) is 7.65. The molecule has 0 unspecified atom stereocenters. The SMILES string of the molecule is Cc1c(C(=O)NCC(C)(C)S(C)(=O)=O)cnn1C1CCCC1. The summed E-state index contributed by atoms with van der Waals surface area (Å²) < 4.78 is 24.3. The summed E-state index contributed by atoms with van der Waals surface area (Å²) in [5.41, 5.74) is 1.37. The Morgan fingerprint density at radius 3 is 2.55 bits per heavy atom. The van der Waals surface area contributed by atoms with Gasteiger partial charge in [0.1, 0.15) is 0 Å². The lowest BCUT2D eigenvalue weighted by atomic mass is 10.2. The highest BCUT2D eigenvalue weighted by molar-refractivity contribution is 7.92. The molecule has 22 heavy (non-hydrogen) atoms. The Bertz CT molecular complexity index is 656. The van der Waals surface area contributed by atoms with E-state index in [9.17, 15) is 13.2 Å². The zero-order valence-corrected chi connectivity index (χ0v) is 14.5. The van der Waals surface area contributed by atoms with E-state index >= 15 is 0 Å². The summed E-state index contributed by atoms with van der Waals surface area (Å²) in [6, 6.07) is 0.383. The number of amides is 1. The normalized spacial score (nSPS) is 16.9. The summed E-state index contributed by atoms with van der Waals surface area (Å²) >= 11 is 0. The zero-order valence-electron chi connectivity index (χ0n) is 13.7. The fourth-order valence-corrected chi connectivity index (χ4v) is 3.02. The van der Waals surface area contributed by atoms with Crippen molar-refractivity contribution in [3.8, 4) is 0 Å². The van der Waals surface area contributed by atoms with Gasteiger partial charge in [-0.2, -0.15) is 5.10 Å². The number of nitrogens with zero attached hydrogens (tertiary/aromatic N) is 2. The summed E-state index contributed by atoms with van der Waals surface area (Å²) in [5.74, 6) is -0.265. The third kappa shape index (κ3) is 3.34. The molecule has 6 nitrogen and oxygen atoms in total. The van der Waals surface area contributed by atoms with Crippen LogP contribution in [0.1, 0.15) is 61.6 Å². The van der Waals surface area contributed by atoms with Crippen LogP contribution in [0.5, 0.6) is 0 Å². The molecular formula is C15H25N3O3S. The Morgan fingerprint density at radius 1 is 1.41 bits per heavy atom. The topological polar surface area (TPSA) is 81.1 Å². The van der Waals surface area contributed by atoms with E-state index in [0.29, 0.717) is 11.6 Å². The van der Waals surface area contributed by atoms with Gasteiger partial charge in [-0.1, -0.05) is 12.8 Å². The van der Waals surface area contributed by atoms with E-state index in [2.05, 4.69) is 10.4 Å². The second-order valence-corrected chi connectivity index (χ2v) is 9.39. The lowest BCUT2D eigenvalue weighted by Crippen LogP contribution is -2.43. The van der Waals surface area contributed by atoms with Gasteiger partial charge >= 0.3 is 0 Å². The van der Waals surface area contributed by atoms with Crippen LogP contribution < -0.4 is 5.32 Å². The maximum absolute atomic E-state index is 12.3. The molecule has 0 atom stereocenters. The number of hydrogen-bond acceptors (Lipinski definition) is 4. The fraction of sp³-hybridized carbons (Fsp3) is 0.733. The van der Waals surface area contributed by atoms with Crippen LogP contribution in [0.4, 0.5) is 0 Å². The molecule has 1 fully saturated rings. The molecule has 1 saturated carbocycles. The molecule has 7 heteroatoms. The molecule has 0 radical (unpaired) electrons. The van der Waals surface area contributed by atoms with Crippen LogP contribution in [0.25, 0.3) is 0 Å². The monoisotopic (exact) mass is 327 g/mol. The molecule has 1 aliphatic carbocycles. The Hall–Kier alpha value is -1.37. The molecule has 1 heterocycles. The number of aromatic nitrogens is 2. The second kappa shape index (κ2) is 6.02. The summed E-state index contributed by atoms with van der Waals surface area (Å²) in [6.07, 6.45) is 7.37. The largest absolute Gasteiger partial charge is 0.350 e. The van der Waals surface area contributed by atoms with E-state index in [0.717, 1.165) is 18.5 Å². The third-order valence-corrected chi connectivity index (χ3v) is 6.79. The number of rotatable bonds is 5. The zero-order chi connectivity index (χ0) is 16.5. The van der Waals surface area contributed by atoms with Gasteiger partial charge < -0.3 is 5.32 Å². The lowest BCUT2D eigenvalue weighted by molar-refractivity contribution is 0.0949. The van der Waals surface area contributed by atoms with Gasteiger partial charge in [0.25, 0.3) is 5.91 Å². The minimum absolute atomic E-state index is 0.0821. The quantitative estimate of drug-likeness (QED) is 0.895. The van der Waals surface area contributed by atoms with Crippen LogP contribution in [-0.4, -0.2) is 41.7 Å². The van der Waals surface area contributed by atoms with Crippen molar-refractivity contribution in [3.05, 3.63) is 17.5 Å². The fourth-order valence-electron chi connectivity index (χ4n) is 2.68. The number of sulfone groups is 1. The Morgan fingerprint density at radius 2 is 2.00 bits per heavy atom. The Labute approximate surface area is 132 Å². The van der Waals surface area contributed by atoms with Gasteiger partial charge in [0, 0.05) is 18.5 Å². The van der Waals surface area contributed by atoms with Gasteiger partial charge in [-0.15, -0.1) is 0 Å². The van der Waals surface area contributed by atoms with Gasteiger partial charge in [0.15, 0.2) is 9.84 Å². The smallest absolute Gasteiger partial charge is 0.254 e. The van der Waals surface area contributed by atoms with Crippen LogP contribution in [0.3, 0.4) is 0 Å². The average molecular weight is 327 g/mol. The molecule has 124 valence electrons. The molecule has 0 spiro atoms. The molecule has 1 amide bonds. The molecule has 0 saturated heterocycles. The summed E-state index contributed by atoms with van der Waals surface area (Å²) in [4.78, 5) is 12.3. The number of carbonyl (C=O) groups is 1. The van der Waals surface area contributed by atoms with Gasteiger partial charge in [0.2, 0.25) is 0 Å². The average Bonchev–Trinajstić information content (AvgIpc) is 3.03. The van der Waals surface area contributed by atoms with Crippen LogP contribution in [0.15, 0.2) is 6.20 Å². The molecule has 0 aliphatic heterocycles. The van der Waals surface area contributed by atoms with Crippen molar-refractivity contribution in [2.24, 2.45) is 0 Å². The van der Waals surface area contributed by atoms with E-state index in [1.165, 1.54) is 19.1 Å².